The number of benzene rings is 1. The van der Waals surface area contributed by atoms with E-state index < -0.39 is 0 Å². The molecule has 6 nitrogen and oxygen atoms in total. The van der Waals surface area contributed by atoms with Crippen LogP contribution in [0.4, 0.5) is 0 Å². The molecule has 3 rings (SSSR count). The second-order valence-corrected chi connectivity index (χ2v) is 9.36. The lowest BCUT2D eigenvalue weighted by molar-refractivity contribution is -0.120. The number of amides is 1. The molecule has 138 valence electrons. The molecule has 0 saturated carbocycles. The first kappa shape index (κ1) is 18.6. The Bertz CT molecular complexity index is 942. The van der Waals surface area contributed by atoms with Crippen molar-refractivity contribution in [3.63, 3.8) is 0 Å². The molecule has 0 fully saturated rings. The summed E-state index contributed by atoms with van der Waals surface area (Å²) in [6.45, 7) is 10.6. The number of carbonyl (C=O) groups is 1. The quantitative estimate of drug-likeness (QED) is 0.664. The number of rotatable bonds is 5. The van der Waals surface area contributed by atoms with Crippen LogP contribution in [-0.4, -0.2) is 37.4 Å². The van der Waals surface area contributed by atoms with Crippen molar-refractivity contribution in [2.45, 2.75) is 51.7 Å². The van der Waals surface area contributed by atoms with Crippen molar-refractivity contribution < 1.29 is 4.79 Å². The normalized spacial score (nSPS) is 12.7. The summed E-state index contributed by atoms with van der Waals surface area (Å²) in [4.78, 5) is 20.0. The SMILES string of the molecule is CC(C)(C)CC(C)(C)NC(=O)CSc1nnc2c(n1)[nH]c1ccccc12. The molecule has 0 spiro atoms. The molecule has 1 aromatic carbocycles. The monoisotopic (exact) mass is 371 g/mol. The number of aromatic amines is 1. The molecule has 0 saturated heterocycles. The molecular weight excluding hydrogens is 346 g/mol. The smallest absolute Gasteiger partial charge is 0.230 e. The molecule has 0 radical (unpaired) electrons. The van der Waals surface area contributed by atoms with Gasteiger partial charge in [-0.05, 0) is 31.7 Å². The maximum absolute atomic E-state index is 12.3. The fraction of sp³-hybridized carbons (Fsp3) is 0.474. The summed E-state index contributed by atoms with van der Waals surface area (Å²) in [6.07, 6.45) is 0.898. The van der Waals surface area contributed by atoms with Crippen LogP contribution in [0.25, 0.3) is 22.1 Å². The average Bonchev–Trinajstić information content (AvgIpc) is 2.87. The number of aromatic nitrogens is 4. The van der Waals surface area contributed by atoms with Crippen LogP contribution in [0, 0.1) is 5.41 Å². The molecule has 0 atom stereocenters. The maximum Gasteiger partial charge on any atom is 0.230 e. The Morgan fingerprint density at radius 3 is 2.62 bits per heavy atom. The van der Waals surface area contributed by atoms with Crippen LogP contribution in [0.3, 0.4) is 0 Å². The van der Waals surface area contributed by atoms with Crippen molar-refractivity contribution in [3.8, 4) is 0 Å². The molecule has 0 aliphatic rings. The van der Waals surface area contributed by atoms with Crippen LogP contribution in [0.15, 0.2) is 29.4 Å². The lowest BCUT2D eigenvalue weighted by Crippen LogP contribution is -2.46. The van der Waals surface area contributed by atoms with Gasteiger partial charge in [-0.25, -0.2) is 4.98 Å². The van der Waals surface area contributed by atoms with Gasteiger partial charge in [0.15, 0.2) is 5.65 Å². The van der Waals surface area contributed by atoms with E-state index in [1.165, 1.54) is 11.8 Å². The van der Waals surface area contributed by atoms with E-state index in [1.807, 2.05) is 24.3 Å². The first-order valence-electron chi connectivity index (χ1n) is 8.68. The zero-order valence-electron chi connectivity index (χ0n) is 15.9. The second kappa shape index (κ2) is 6.87. The Hall–Kier alpha value is -2.15. The van der Waals surface area contributed by atoms with Gasteiger partial charge < -0.3 is 10.3 Å². The number of hydrogen-bond acceptors (Lipinski definition) is 5. The van der Waals surface area contributed by atoms with Crippen molar-refractivity contribution >= 4 is 39.7 Å². The Morgan fingerprint density at radius 1 is 1.15 bits per heavy atom. The van der Waals surface area contributed by atoms with Crippen molar-refractivity contribution in [2.75, 3.05) is 5.75 Å². The molecule has 0 aliphatic heterocycles. The number of thioether (sulfide) groups is 1. The molecule has 0 bridgehead atoms. The third kappa shape index (κ3) is 4.52. The molecule has 26 heavy (non-hydrogen) atoms. The summed E-state index contributed by atoms with van der Waals surface area (Å²) in [5, 5.41) is 13.0. The molecular formula is C19H25N5OS. The summed E-state index contributed by atoms with van der Waals surface area (Å²) >= 11 is 1.30. The van der Waals surface area contributed by atoms with Gasteiger partial charge in [0.1, 0.15) is 5.52 Å². The topological polar surface area (TPSA) is 83.6 Å². The lowest BCUT2D eigenvalue weighted by atomic mass is 9.82. The molecule has 3 aromatic rings. The summed E-state index contributed by atoms with van der Waals surface area (Å²) < 4.78 is 0. The minimum absolute atomic E-state index is 0.0235. The lowest BCUT2D eigenvalue weighted by Gasteiger charge is -2.33. The van der Waals surface area contributed by atoms with E-state index in [4.69, 9.17) is 0 Å². The third-order valence-electron chi connectivity index (χ3n) is 3.88. The molecule has 1 amide bonds. The summed E-state index contributed by atoms with van der Waals surface area (Å²) in [7, 11) is 0. The predicted octanol–water partition coefficient (Wildman–Crippen LogP) is 3.93. The van der Waals surface area contributed by atoms with Gasteiger partial charge in [0.25, 0.3) is 0 Å². The van der Waals surface area contributed by atoms with E-state index in [0.717, 1.165) is 22.8 Å². The number of nitrogens with zero attached hydrogens (tertiary/aromatic N) is 3. The minimum Gasteiger partial charge on any atom is -0.350 e. The van der Waals surface area contributed by atoms with Crippen LogP contribution in [0.2, 0.25) is 0 Å². The van der Waals surface area contributed by atoms with E-state index in [9.17, 15) is 4.79 Å². The fourth-order valence-electron chi connectivity index (χ4n) is 3.48. The van der Waals surface area contributed by atoms with Crippen molar-refractivity contribution in [1.29, 1.82) is 0 Å². The number of fused-ring (bicyclic) bond motifs is 3. The summed E-state index contributed by atoms with van der Waals surface area (Å²) in [6, 6.07) is 7.90. The van der Waals surface area contributed by atoms with E-state index in [0.29, 0.717) is 10.8 Å². The van der Waals surface area contributed by atoms with Crippen LogP contribution in [0.5, 0.6) is 0 Å². The standard InChI is InChI=1S/C19H25N5OS/c1-18(2,3)11-19(4,5)22-14(25)10-26-17-21-16-15(23-24-17)12-8-6-7-9-13(12)20-16/h6-9H,10-11H2,1-5H3,(H,22,25)(H,20,21,24). The highest BCUT2D eigenvalue weighted by Crippen LogP contribution is 2.27. The van der Waals surface area contributed by atoms with Crippen LogP contribution < -0.4 is 5.32 Å². The van der Waals surface area contributed by atoms with Crippen LogP contribution in [-0.2, 0) is 4.79 Å². The zero-order chi connectivity index (χ0) is 18.9. The number of H-pyrrole nitrogens is 1. The second-order valence-electron chi connectivity index (χ2n) is 8.42. The highest BCUT2D eigenvalue weighted by atomic mass is 32.2. The van der Waals surface area contributed by atoms with Gasteiger partial charge in [-0.15, -0.1) is 10.2 Å². The average molecular weight is 372 g/mol. The van der Waals surface area contributed by atoms with E-state index in [1.54, 1.807) is 0 Å². The van der Waals surface area contributed by atoms with Gasteiger partial charge in [0.2, 0.25) is 11.1 Å². The van der Waals surface area contributed by atoms with Gasteiger partial charge >= 0.3 is 0 Å². The number of para-hydroxylation sites is 1. The number of nitrogens with one attached hydrogen (secondary N) is 2. The molecule has 0 unspecified atom stereocenters. The van der Waals surface area contributed by atoms with E-state index in [2.05, 4.69) is 60.1 Å². The van der Waals surface area contributed by atoms with Crippen molar-refractivity contribution in [2.24, 2.45) is 5.41 Å². The van der Waals surface area contributed by atoms with Crippen LogP contribution >= 0.6 is 11.8 Å². The Labute approximate surface area is 157 Å². The van der Waals surface area contributed by atoms with Gasteiger partial charge in [0, 0.05) is 16.4 Å². The molecule has 2 heterocycles. The predicted molar refractivity (Wildman–Crippen MR) is 106 cm³/mol. The first-order valence-corrected chi connectivity index (χ1v) is 9.66. The van der Waals surface area contributed by atoms with Gasteiger partial charge in [-0.3, -0.25) is 4.79 Å². The highest BCUT2D eigenvalue weighted by Gasteiger charge is 2.27. The maximum atomic E-state index is 12.3. The molecule has 2 N–H and O–H groups in total. The van der Waals surface area contributed by atoms with Gasteiger partial charge in [-0.1, -0.05) is 50.7 Å². The fourth-order valence-corrected chi connectivity index (χ4v) is 4.07. The Kier molecular flexibility index (Phi) is 4.92. The van der Waals surface area contributed by atoms with Crippen molar-refractivity contribution in [1.82, 2.24) is 25.5 Å². The summed E-state index contributed by atoms with van der Waals surface area (Å²) in [5.74, 6) is 0.241. The van der Waals surface area contributed by atoms with E-state index >= 15 is 0 Å². The van der Waals surface area contributed by atoms with Crippen molar-refractivity contribution in [3.05, 3.63) is 24.3 Å². The molecule has 2 aromatic heterocycles. The first-order chi connectivity index (χ1) is 12.1. The highest BCUT2D eigenvalue weighted by molar-refractivity contribution is 7.99. The Balaban J connectivity index is 1.66. The number of carbonyl (C=O) groups excluding carboxylic acids is 1. The van der Waals surface area contributed by atoms with Gasteiger partial charge in [-0.2, -0.15) is 0 Å². The van der Waals surface area contributed by atoms with Gasteiger partial charge in [0.05, 0.1) is 5.75 Å². The summed E-state index contributed by atoms with van der Waals surface area (Å²) in [5.41, 5.74) is 2.32. The zero-order valence-corrected chi connectivity index (χ0v) is 16.7. The largest absolute Gasteiger partial charge is 0.350 e. The molecule has 7 heteroatoms. The minimum atomic E-state index is -0.254. The number of hydrogen-bond donors (Lipinski definition) is 2. The Morgan fingerprint density at radius 2 is 1.88 bits per heavy atom. The molecule has 0 aliphatic carbocycles. The van der Waals surface area contributed by atoms with E-state index in [-0.39, 0.29) is 22.6 Å². The van der Waals surface area contributed by atoms with Crippen LogP contribution in [0.1, 0.15) is 41.0 Å². The third-order valence-corrected chi connectivity index (χ3v) is 4.72.